The van der Waals surface area contributed by atoms with Crippen molar-refractivity contribution >= 4 is 11.9 Å². The van der Waals surface area contributed by atoms with Gasteiger partial charge in [-0.05, 0) is 19.3 Å². The van der Waals surface area contributed by atoms with Crippen LogP contribution in [0.5, 0.6) is 0 Å². The Kier molecular flexibility index (Phi) is 3.12. The largest absolute Gasteiger partial charge is 0.480 e. The molecule has 1 aromatic rings. The summed E-state index contributed by atoms with van der Waals surface area (Å²) in [6.07, 6.45) is 3.73. The zero-order chi connectivity index (χ0) is 12.4. The quantitative estimate of drug-likeness (QED) is 0.797. The highest BCUT2D eigenvalue weighted by molar-refractivity contribution is 5.94. The number of oxazole rings is 1. The van der Waals surface area contributed by atoms with Crippen molar-refractivity contribution in [2.75, 3.05) is 0 Å². The molecule has 0 bridgehead atoms. The van der Waals surface area contributed by atoms with E-state index in [-0.39, 0.29) is 5.76 Å². The molecule has 17 heavy (non-hydrogen) atoms. The topological polar surface area (TPSA) is 92.4 Å². The molecule has 1 saturated carbocycles. The molecule has 6 nitrogen and oxygen atoms in total. The fourth-order valence-electron chi connectivity index (χ4n) is 1.65. The molecule has 0 spiro atoms. The number of amides is 1. The summed E-state index contributed by atoms with van der Waals surface area (Å²) >= 11 is 0. The first-order chi connectivity index (χ1) is 8.08. The summed E-state index contributed by atoms with van der Waals surface area (Å²) in [6.45, 7) is 1.63. The molecule has 1 heterocycles. The molecule has 1 aliphatic carbocycles. The molecule has 1 atom stereocenters. The van der Waals surface area contributed by atoms with Crippen LogP contribution < -0.4 is 5.32 Å². The van der Waals surface area contributed by atoms with E-state index in [9.17, 15) is 9.59 Å². The number of aryl methyl sites for hydroxylation is 1. The third-order valence-corrected chi connectivity index (χ3v) is 2.82. The van der Waals surface area contributed by atoms with Gasteiger partial charge in [0.2, 0.25) is 5.76 Å². The van der Waals surface area contributed by atoms with E-state index in [1.807, 2.05) is 0 Å². The molecule has 1 amide bonds. The van der Waals surface area contributed by atoms with E-state index < -0.39 is 17.9 Å². The SMILES string of the molecule is Cc1ncoc1C(=O)NC(CC1CC1)C(=O)O. The van der Waals surface area contributed by atoms with E-state index in [1.54, 1.807) is 6.92 Å². The minimum Gasteiger partial charge on any atom is -0.480 e. The van der Waals surface area contributed by atoms with E-state index >= 15 is 0 Å². The van der Waals surface area contributed by atoms with Gasteiger partial charge in [-0.25, -0.2) is 9.78 Å². The Morgan fingerprint density at radius 3 is 2.82 bits per heavy atom. The lowest BCUT2D eigenvalue weighted by Crippen LogP contribution is -2.41. The van der Waals surface area contributed by atoms with Crippen molar-refractivity contribution in [3.8, 4) is 0 Å². The van der Waals surface area contributed by atoms with Gasteiger partial charge in [-0.1, -0.05) is 12.8 Å². The molecule has 0 radical (unpaired) electrons. The van der Waals surface area contributed by atoms with Gasteiger partial charge in [-0.15, -0.1) is 0 Å². The highest BCUT2D eigenvalue weighted by Crippen LogP contribution is 2.33. The van der Waals surface area contributed by atoms with Gasteiger partial charge in [0.15, 0.2) is 6.39 Å². The number of hydrogen-bond acceptors (Lipinski definition) is 4. The van der Waals surface area contributed by atoms with Crippen molar-refractivity contribution in [2.45, 2.75) is 32.2 Å². The van der Waals surface area contributed by atoms with Gasteiger partial charge in [0.25, 0.3) is 5.91 Å². The lowest BCUT2D eigenvalue weighted by molar-refractivity contribution is -0.139. The average molecular weight is 238 g/mol. The van der Waals surface area contributed by atoms with E-state index in [1.165, 1.54) is 6.39 Å². The van der Waals surface area contributed by atoms with Crippen molar-refractivity contribution < 1.29 is 19.1 Å². The lowest BCUT2D eigenvalue weighted by Gasteiger charge is -2.12. The van der Waals surface area contributed by atoms with Crippen molar-refractivity contribution in [1.29, 1.82) is 0 Å². The maximum Gasteiger partial charge on any atom is 0.326 e. The number of carbonyl (C=O) groups excluding carboxylic acids is 1. The summed E-state index contributed by atoms with van der Waals surface area (Å²) in [6, 6.07) is -0.848. The van der Waals surface area contributed by atoms with Crippen LogP contribution in [0.15, 0.2) is 10.8 Å². The Morgan fingerprint density at radius 1 is 1.65 bits per heavy atom. The van der Waals surface area contributed by atoms with Crippen LogP contribution in [0.25, 0.3) is 0 Å². The van der Waals surface area contributed by atoms with Crippen LogP contribution in [-0.4, -0.2) is 28.0 Å². The molecular weight excluding hydrogens is 224 g/mol. The lowest BCUT2D eigenvalue weighted by atomic mass is 10.1. The zero-order valence-corrected chi connectivity index (χ0v) is 9.47. The predicted octanol–water partition coefficient (Wildman–Crippen LogP) is 0.966. The molecule has 1 aliphatic rings. The molecule has 92 valence electrons. The summed E-state index contributed by atoms with van der Waals surface area (Å²) in [4.78, 5) is 26.5. The maximum absolute atomic E-state index is 11.7. The minimum absolute atomic E-state index is 0.0760. The third-order valence-electron chi connectivity index (χ3n) is 2.82. The molecule has 1 fully saturated rings. The van der Waals surface area contributed by atoms with Crippen LogP contribution in [0.1, 0.15) is 35.5 Å². The number of hydrogen-bond donors (Lipinski definition) is 2. The zero-order valence-electron chi connectivity index (χ0n) is 9.47. The number of aliphatic carboxylic acids is 1. The second-order valence-corrected chi connectivity index (χ2v) is 4.31. The standard InChI is InChI=1S/C11H14N2O4/c1-6-9(17-5-12-6)10(14)13-8(11(15)16)4-7-2-3-7/h5,7-8H,2-4H2,1H3,(H,13,14)(H,15,16). The Morgan fingerprint density at radius 2 is 2.35 bits per heavy atom. The van der Waals surface area contributed by atoms with Gasteiger partial charge in [0.05, 0.1) is 5.69 Å². The van der Waals surface area contributed by atoms with Crippen molar-refractivity contribution in [3.05, 3.63) is 17.8 Å². The molecule has 0 saturated heterocycles. The van der Waals surface area contributed by atoms with E-state index in [2.05, 4.69) is 10.3 Å². The van der Waals surface area contributed by atoms with Crippen LogP contribution in [0, 0.1) is 12.8 Å². The van der Waals surface area contributed by atoms with Crippen molar-refractivity contribution in [2.24, 2.45) is 5.92 Å². The monoisotopic (exact) mass is 238 g/mol. The van der Waals surface area contributed by atoms with Gasteiger partial charge in [-0.2, -0.15) is 0 Å². The molecule has 1 unspecified atom stereocenters. The number of carboxylic acid groups (broad SMARTS) is 1. The summed E-state index contributed by atoms with van der Waals surface area (Å²) in [7, 11) is 0. The maximum atomic E-state index is 11.7. The third kappa shape index (κ3) is 2.83. The fourth-order valence-corrected chi connectivity index (χ4v) is 1.65. The Bertz CT molecular complexity index is 436. The first kappa shape index (κ1) is 11.6. The van der Waals surface area contributed by atoms with E-state index in [4.69, 9.17) is 9.52 Å². The summed E-state index contributed by atoms with van der Waals surface area (Å²) < 4.78 is 4.91. The van der Waals surface area contributed by atoms with Gasteiger partial charge in [-0.3, -0.25) is 4.79 Å². The number of carbonyl (C=O) groups is 2. The fraction of sp³-hybridized carbons (Fsp3) is 0.545. The molecular formula is C11H14N2O4. The van der Waals surface area contributed by atoms with E-state index in [0.717, 1.165) is 12.8 Å². The molecule has 2 N–H and O–H groups in total. The molecule has 0 aromatic carbocycles. The molecule has 0 aliphatic heterocycles. The summed E-state index contributed by atoms with van der Waals surface area (Å²) in [5, 5.41) is 11.5. The van der Waals surface area contributed by atoms with Crippen molar-refractivity contribution in [1.82, 2.24) is 10.3 Å². The number of carboxylic acids is 1. The molecule has 1 aromatic heterocycles. The summed E-state index contributed by atoms with van der Waals surface area (Å²) in [5.41, 5.74) is 0.457. The number of nitrogens with one attached hydrogen (secondary N) is 1. The van der Waals surface area contributed by atoms with Crippen LogP contribution >= 0.6 is 0 Å². The minimum atomic E-state index is -1.01. The number of aromatic nitrogens is 1. The Balaban J connectivity index is 1.99. The molecule has 6 heteroatoms. The van der Waals surface area contributed by atoms with Crippen LogP contribution in [0.3, 0.4) is 0 Å². The van der Waals surface area contributed by atoms with Gasteiger partial charge in [0, 0.05) is 0 Å². The predicted molar refractivity (Wildman–Crippen MR) is 57.5 cm³/mol. The Labute approximate surface area is 98.0 Å². The first-order valence-electron chi connectivity index (χ1n) is 5.51. The first-order valence-corrected chi connectivity index (χ1v) is 5.51. The van der Waals surface area contributed by atoms with Crippen molar-refractivity contribution in [3.63, 3.8) is 0 Å². The van der Waals surface area contributed by atoms with Crippen LogP contribution in [-0.2, 0) is 4.79 Å². The second-order valence-electron chi connectivity index (χ2n) is 4.31. The average Bonchev–Trinajstić information content (AvgIpc) is 2.97. The highest BCUT2D eigenvalue weighted by Gasteiger charge is 2.31. The van der Waals surface area contributed by atoms with Gasteiger partial charge in [0.1, 0.15) is 6.04 Å². The summed E-state index contributed by atoms with van der Waals surface area (Å²) in [5.74, 6) is -1.03. The molecule has 2 rings (SSSR count). The number of rotatable bonds is 5. The van der Waals surface area contributed by atoms with Crippen LogP contribution in [0.4, 0.5) is 0 Å². The van der Waals surface area contributed by atoms with Crippen LogP contribution in [0.2, 0.25) is 0 Å². The highest BCUT2D eigenvalue weighted by atomic mass is 16.4. The number of nitrogens with zero attached hydrogens (tertiary/aromatic N) is 1. The second kappa shape index (κ2) is 4.57. The smallest absolute Gasteiger partial charge is 0.326 e. The van der Waals surface area contributed by atoms with E-state index in [0.29, 0.717) is 18.0 Å². The normalized spacial score (nSPS) is 16.5. The Hall–Kier alpha value is -1.85. The van der Waals surface area contributed by atoms with Gasteiger partial charge >= 0.3 is 5.97 Å². The van der Waals surface area contributed by atoms with Gasteiger partial charge < -0.3 is 14.8 Å².